The summed E-state index contributed by atoms with van der Waals surface area (Å²) in [5.74, 6) is -0.842. The first-order chi connectivity index (χ1) is 16.9. The highest BCUT2D eigenvalue weighted by atomic mass is 35.5. The number of aromatic nitrogens is 2. The predicted molar refractivity (Wildman–Crippen MR) is 131 cm³/mol. The molecule has 35 heavy (non-hydrogen) atoms. The van der Waals surface area contributed by atoms with Gasteiger partial charge in [0.1, 0.15) is 18.5 Å². The summed E-state index contributed by atoms with van der Waals surface area (Å²) in [7, 11) is 0. The van der Waals surface area contributed by atoms with Crippen LogP contribution in [0, 0.1) is 5.82 Å². The number of H-pyrrole nitrogens is 1. The largest absolute Gasteiger partial charge is 0.384 e. The second-order valence-corrected chi connectivity index (χ2v) is 8.75. The Hall–Kier alpha value is -3.72. The molecule has 0 fully saturated rings. The van der Waals surface area contributed by atoms with Crippen molar-refractivity contribution in [3.05, 3.63) is 101 Å². The first-order valence-electron chi connectivity index (χ1n) is 11.0. The zero-order valence-electron chi connectivity index (χ0n) is 18.5. The molecule has 178 valence electrons. The summed E-state index contributed by atoms with van der Waals surface area (Å²) in [5.41, 5.74) is 3.89. The molecule has 0 radical (unpaired) electrons. The van der Waals surface area contributed by atoms with Crippen molar-refractivity contribution in [3.8, 4) is 11.3 Å². The van der Waals surface area contributed by atoms with E-state index in [1.54, 1.807) is 29.6 Å². The van der Waals surface area contributed by atoms with Crippen LogP contribution in [0.2, 0.25) is 5.02 Å². The summed E-state index contributed by atoms with van der Waals surface area (Å²) in [6.07, 6.45) is 0.622. The number of carbonyl (C=O) groups excluding carboxylic acids is 1. The van der Waals surface area contributed by atoms with E-state index in [0.717, 1.165) is 16.8 Å². The Balaban J connectivity index is 1.45. The van der Waals surface area contributed by atoms with Crippen molar-refractivity contribution in [1.29, 1.82) is 0 Å². The lowest BCUT2D eigenvalue weighted by Crippen LogP contribution is -2.44. The van der Waals surface area contributed by atoms with Crippen LogP contribution < -0.4 is 9.80 Å². The van der Waals surface area contributed by atoms with E-state index < -0.39 is 18.1 Å². The number of benzene rings is 3. The molecule has 2 unspecified atom stereocenters. The van der Waals surface area contributed by atoms with Gasteiger partial charge in [0.15, 0.2) is 6.23 Å². The molecule has 0 saturated heterocycles. The van der Waals surface area contributed by atoms with Gasteiger partial charge in [-0.25, -0.2) is 9.37 Å². The van der Waals surface area contributed by atoms with Crippen LogP contribution in [-0.2, 0) is 11.3 Å². The third-order valence-electron chi connectivity index (χ3n) is 6.04. The van der Waals surface area contributed by atoms with Crippen molar-refractivity contribution in [2.75, 3.05) is 16.3 Å². The average Bonchev–Trinajstić information content (AvgIpc) is 3.47. The van der Waals surface area contributed by atoms with Gasteiger partial charge in [0.2, 0.25) is 5.91 Å². The van der Waals surface area contributed by atoms with Gasteiger partial charge in [0, 0.05) is 22.0 Å². The molecule has 3 aromatic carbocycles. The van der Waals surface area contributed by atoms with E-state index in [0.29, 0.717) is 16.4 Å². The molecule has 0 spiro atoms. The van der Waals surface area contributed by atoms with E-state index in [2.05, 4.69) is 9.97 Å². The van der Waals surface area contributed by atoms with Crippen molar-refractivity contribution < 1.29 is 19.4 Å². The number of carbonyl (C=O) groups is 1. The van der Waals surface area contributed by atoms with E-state index in [1.807, 2.05) is 36.4 Å². The van der Waals surface area contributed by atoms with Crippen LogP contribution in [0.15, 0.2) is 79.3 Å². The second-order valence-electron chi connectivity index (χ2n) is 8.31. The number of nitrogens with zero attached hydrogens (tertiary/aromatic N) is 3. The number of nitrogens with one attached hydrogen (secondary N) is 1. The van der Waals surface area contributed by atoms with Gasteiger partial charge in [-0.05, 0) is 53.6 Å². The van der Waals surface area contributed by atoms with E-state index in [9.17, 15) is 19.4 Å². The highest BCUT2D eigenvalue weighted by molar-refractivity contribution is 6.30. The zero-order chi connectivity index (χ0) is 24.5. The number of aliphatic hydroxyl groups excluding tert-OH is 2. The fourth-order valence-electron chi connectivity index (χ4n) is 4.28. The molecule has 2 heterocycles. The smallest absolute Gasteiger partial charge is 0.246 e. The molecule has 1 aromatic heterocycles. The lowest BCUT2D eigenvalue weighted by Gasteiger charge is -2.29. The summed E-state index contributed by atoms with van der Waals surface area (Å²) in [6.45, 7) is 0.0191. The average molecular weight is 493 g/mol. The van der Waals surface area contributed by atoms with E-state index >= 15 is 0 Å². The number of amides is 1. The van der Waals surface area contributed by atoms with Gasteiger partial charge in [-0.1, -0.05) is 35.9 Å². The molecule has 0 aliphatic carbocycles. The van der Waals surface area contributed by atoms with Crippen LogP contribution in [0.5, 0.6) is 0 Å². The number of fused-ring (bicyclic) bond motifs is 1. The summed E-state index contributed by atoms with van der Waals surface area (Å²) in [4.78, 5) is 23.7. The minimum absolute atomic E-state index is 0.222. The molecular weight excluding hydrogens is 471 g/mol. The molecule has 1 aliphatic heterocycles. The normalized spacial score (nSPS) is 16.9. The fraction of sp³-hybridized carbons (Fsp3) is 0.154. The van der Waals surface area contributed by atoms with Crippen molar-refractivity contribution in [1.82, 2.24) is 9.97 Å². The van der Waals surface area contributed by atoms with Gasteiger partial charge in [0.25, 0.3) is 0 Å². The molecule has 7 nitrogen and oxygen atoms in total. The topological polar surface area (TPSA) is 92.7 Å². The van der Waals surface area contributed by atoms with Crippen molar-refractivity contribution in [2.45, 2.75) is 18.9 Å². The Morgan fingerprint density at radius 2 is 1.91 bits per heavy atom. The maximum Gasteiger partial charge on any atom is 0.246 e. The molecule has 0 bridgehead atoms. The molecule has 9 heteroatoms. The quantitative estimate of drug-likeness (QED) is 0.374. The molecular formula is C26H22ClFN4O3. The predicted octanol–water partition coefficient (Wildman–Crippen LogP) is 4.27. The Morgan fingerprint density at radius 1 is 1.11 bits per heavy atom. The van der Waals surface area contributed by atoms with E-state index in [1.165, 1.54) is 23.1 Å². The standard InChI is InChI=1S/C26H22ClFN4O3/c27-18-3-1-2-16(10-18)13-31(20-7-4-17(5-8-20)22-12-29-15-30-22)24(33)14-32-23-9-6-19(28)11-21(23)25(34)26(32)35/h1-12,15,25-26,34-35H,13-14H2,(H,29,30). The van der Waals surface area contributed by atoms with Crippen LogP contribution in [0.3, 0.4) is 0 Å². The monoisotopic (exact) mass is 492 g/mol. The SMILES string of the molecule is O=C(CN1c2ccc(F)cc2C(O)C1O)N(Cc1cccc(Cl)c1)c1ccc(-c2cnc[nH]2)cc1. The van der Waals surface area contributed by atoms with Gasteiger partial charge in [0.05, 0.1) is 24.8 Å². The molecule has 1 amide bonds. The maximum atomic E-state index is 13.7. The van der Waals surface area contributed by atoms with Gasteiger partial charge in [-0.3, -0.25) is 4.79 Å². The van der Waals surface area contributed by atoms with E-state index in [-0.39, 0.29) is 24.6 Å². The second kappa shape index (κ2) is 9.50. The van der Waals surface area contributed by atoms with Crippen molar-refractivity contribution >= 4 is 28.9 Å². The summed E-state index contributed by atoms with van der Waals surface area (Å²) >= 11 is 6.16. The summed E-state index contributed by atoms with van der Waals surface area (Å²) in [5, 5.41) is 21.5. The lowest BCUT2D eigenvalue weighted by atomic mass is 10.1. The minimum atomic E-state index is -1.37. The van der Waals surface area contributed by atoms with Crippen LogP contribution in [0.25, 0.3) is 11.3 Å². The summed E-state index contributed by atoms with van der Waals surface area (Å²) in [6, 6.07) is 18.5. The number of halogens is 2. The van der Waals surface area contributed by atoms with Crippen molar-refractivity contribution in [2.24, 2.45) is 0 Å². The highest BCUT2D eigenvalue weighted by Crippen LogP contribution is 2.39. The number of hydrogen-bond acceptors (Lipinski definition) is 5. The van der Waals surface area contributed by atoms with Crippen LogP contribution in [0.4, 0.5) is 15.8 Å². The third-order valence-corrected chi connectivity index (χ3v) is 6.28. The zero-order valence-corrected chi connectivity index (χ0v) is 19.2. The van der Waals surface area contributed by atoms with Crippen LogP contribution >= 0.6 is 11.6 Å². The lowest BCUT2D eigenvalue weighted by molar-refractivity contribution is -0.118. The molecule has 0 saturated carbocycles. The number of rotatable bonds is 6. The Morgan fingerprint density at radius 3 is 2.63 bits per heavy atom. The Kier molecular flexibility index (Phi) is 6.25. The van der Waals surface area contributed by atoms with Crippen molar-refractivity contribution in [3.63, 3.8) is 0 Å². The first-order valence-corrected chi connectivity index (χ1v) is 11.3. The molecule has 4 aromatic rings. The Bertz CT molecular complexity index is 1350. The van der Waals surface area contributed by atoms with E-state index in [4.69, 9.17) is 11.6 Å². The van der Waals surface area contributed by atoms with Gasteiger partial charge >= 0.3 is 0 Å². The highest BCUT2D eigenvalue weighted by Gasteiger charge is 2.38. The molecule has 5 rings (SSSR count). The maximum absolute atomic E-state index is 13.7. The molecule has 1 aliphatic rings. The molecule has 3 N–H and O–H groups in total. The van der Waals surface area contributed by atoms with Crippen LogP contribution in [-0.4, -0.2) is 38.9 Å². The van der Waals surface area contributed by atoms with Crippen LogP contribution in [0.1, 0.15) is 17.2 Å². The minimum Gasteiger partial charge on any atom is -0.384 e. The Labute approximate surface area is 206 Å². The number of hydrogen-bond donors (Lipinski definition) is 3. The van der Waals surface area contributed by atoms with Gasteiger partial charge in [-0.2, -0.15) is 0 Å². The fourth-order valence-corrected chi connectivity index (χ4v) is 4.50. The third kappa shape index (κ3) is 4.64. The van der Waals surface area contributed by atoms with Gasteiger partial charge < -0.3 is 25.0 Å². The molecule has 2 atom stereocenters. The number of imidazole rings is 1. The number of aromatic amines is 1. The van der Waals surface area contributed by atoms with Gasteiger partial charge in [-0.15, -0.1) is 0 Å². The number of anilines is 2. The first kappa shape index (κ1) is 23.0. The summed E-state index contributed by atoms with van der Waals surface area (Å²) < 4.78 is 13.7. The number of aliphatic hydroxyl groups is 2.